The second kappa shape index (κ2) is 5.17. The van der Waals surface area contributed by atoms with Gasteiger partial charge in [-0.05, 0) is 23.8 Å². The smallest absolute Gasteiger partial charge is 0.124 e. The fourth-order valence-corrected chi connectivity index (χ4v) is 2.03. The lowest BCUT2D eigenvalue weighted by molar-refractivity contribution is 0.262. The first-order valence-corrected chi connectivity index (χ1v) is 5.78. The van der Waals surface area contributed by atoms with Crippen molar-refractivity contribution in [2.24, 2.45) is 5.73 Å². The van der Waals surface area contributed by atoms with Gasteiger partial charge in [0.05, 0.1) is 19.3 Å². The highest BCUT2D eigenvalue weighted by molar-refractivity contribution is 5.88. The van der Waals surface area contributed by atoms with Gasteiger partial charge in [0.25, 0.3) is 0 Å². The van der Waals surface area contributed by atoms with Crippen molar-refractivity contribution in [3.8, 4) is 5.75 Å². The average molecular weight is 231 g/mol. The van der Waals surface area contributed by atoms with Crippen LogP contribution >= 0.6 is 0 Å². The highest BCUT2D eigenvalue weighted by Gasteiger charge is 2.14. The number of hydrogen-bond donors (Lipinski definition) is 2. The van der Waals surface area contributed by atoms with Gasteiger partial charge in [-0.25, -0.2) is 0 Å². The molecule has 3 N–H and O–H groups in total. The standard InChI is InChI=1S/C14H17NO2/c1-2-17-13-8-7-10-5-3-4-6-11(10)14(13)12(15)9-16/h3-8,12,16H,2,9,15H2,1H3. The molecule has 1 unspecified atom stereocenters. The van der Waals surface area contributed by atoms with Crippen LogP contribution in [0.4, 0.5) is 0 Å². The molecule has 0 aromatic heterocycles. The van der Waals surface area contributed by atoms with Gasteiger partial charge < -0.3 is 15.6 Å². The highest BCUT2D eigenvalue weighted by Crippen LogP contribution is 2.32. The first-order chi connectivity index (χ1) is 8.27. The SMILES string of the molecule is CCOc1ccc2ccccc2c1C(N)CO. The van der Waals surface area contributed by atoms with E-state index in [0.29, 0.717) is 6.61 Å². The van der Waals surface area contributed by atoms with Crippen molar-refractivity contribution in [2.75, 3.05) is 13.2 Å². The molecule has 0 saturated carbocycles. The first-order valence-electron chi connectivity index (χ1n) is 5.78. The zero-order valence-corrected chi connectivity index (χ0v) is 9.89. The van der Waals surface area contributed by atoms with E-state index < -0.39 is 6.04 Å². The zero-order chi connectivity index (χ0) is 12.3. The van der Waals surface area contributed by atoms with E-state index in [0.717, 1.165) is 22.1 Å². The number of fused-ring (bicyclic) bond motifs is 1. The van der Waals surface area contributed by atoms with E-state index in [1.165, 1.54) is 0 Å². The summed E-state index contributed by atoms with van der Waals surface area (Å²) in [6.07, 6.45) is 0. The molecule has 0 radical (unpaired) electrons. The summed E-state index contributed by atoms with van der Waals surface area (Å²) in [6.45, 7) is 2.43. The van der Waals surface area contributed by atoms with Crippen LogP contribution in [0, 0.1) is 0 Å². The number of benzene rings is 2. The van der Waals surface area contributed by atoms with Crippen molar-refractivity contribution in [3.63, 3.8) is 0 Å². The van der Waals surface area contributed by atoms with E-state index in [-0.39, 0.29) is 6.61 Å². The Morgan fingerprint density at radius 1 is 1.24 bits per heavy atom. The van der Waals surface area contributed by atoms with Crippen molar-refractivity contribution in [1.82, 2.24) is 0 Å². The molecule has 0 saturated heterocycles. The minimum Gasteiger partial charge on any atom is -0.494 e. The van der Waals surface area contributed by atoms with Gasteiger partial charge in [0.15, 0.2) is 0 Å². The Morgan fingerprint density at radius 2 is 2.00 bits per heavy atom. The van der Waals surface area contributed by atoms with Gasteiger partial charge in [-0.2, -0.15) is 0 Å². The normalized spacial score (nSPS) is 12.6. The number of aliphatic hydroxyl groups excluding tert-OH is 1. The molecule has 90 valence electrons. The van der Waals surface area contributed by atoms with Crippen molar-refractivity contribution in [2.45, 2.75) is 13.0 Å². The van der Waals surface area contributed by atoms with Crippen LogP contribution in [0.5, 0.6) is 5.75 Å². The van der Waals surface area contributed by atoms with Gasteiger partial charge >= 0.3 is 0 Å². The summed E-state index contributed by atoms with van der Waals surface area (Å²) in [5.41, 5.74) is 6.84. The van der Waals surface area contributed by atoms with Crippen LogP contribution in [0.1, 0.15) is 18.5 Å². The molecule has 1 atom stereocenters. The number of hydrogen-bond acceptors (Lipinski definition) is 3. The van der Waals surface area contributed by atoms with Crippen molar-refractivity contribution in [3.05, 3.63) is 42.0 Å². The van der Waals surface area contributed by atoms with Crippen LogP contribution in [-0.2, 0) is 0 Å². The minimum absolute atomic E-state index is 0.0892. The molecule has 3 nitrogen and oxygen atoms in total. The monoisotopic (exact) mass is 231 g/mol. The van der Waals surface area contributed by atoms with Crippen molar-refractivity contribution in [1.29, 1.82) is 0 Å². The second-order valence-corrected chi connectivity index (χ2v) is 3.92. The molecule has 3 heteroatoms. The second-order valence-electron chi connectivity index (χ2n) is 3.92. The highest BCUT2D eigenvalue weighted by atomic mass is 16.5. The molecule has 0 bridgehead atoms. The summed E-state index contributed by atoms with van der Waals surface area (Å²) in [4.78, 5) is 0. The quantitative estimate of drug-likeness (QED) is 0.848. The molecule has 0 aliphatic carbocycles. The maximum Gasteiger partial charge on any atom is 0.124 e. The summed E-state index contributed by atoms with van der Waals surface area (Å²) < 4.78 is 5.58. The largest absolute Gasteiger partial charge is 0.494 e. The zero-order valence-electron chi connectivity index (χ0n) is 9.89. The fraction of sp³-hybridized carbons (Fsp3) is 0.286. The van der Waals surface area contributed by atoms with Gasteiger partial charge in [0.1, 0.15) is 5.75 Å². The van der Waals surface area contributed by atoms with E-state index in [4.69, 9.17) is 10.5 Å². The summed E-state index contributed by atoms with van der Waals surface area (Å²) in [7, 11) is 0. The van der Waals surface area contributed by atoms with Gasteiger partial charge in [0.2, 0.25) is 0 Å². The predicted molar refractivity (Wildman–Crippen MR) is 69.1 cm³/mol. The molecule has 2 aromatic rings. The van der Waals surface area contributed by atoms with Crippen molar-refractivity contribution >= 4 is 10.8 Å². The van der Waals surface area contributed by atoms with Crippen LogP contribution in [0.3, 0.4) is 0 Å². The molecular weight excluding hydrogens is 214 g/mol. The third-order valence-electron chi connectivity index (χ3n) is 2.80. The average Bonchev–Trinajstić information content (AvgIpc) is 2.38. The van der Waals surface area contributed by atoms with Crippen LogP contribution in [0.15, 0.2) is 36.4 Å². The Hall–Kier alpha value is -1.58. The molecule has 2 rings (SSSR count). The molecule has 0 spiro atoms. The van der Waals surface area contributed by atoms with Gasteiger partial charge in [0, 0.05) is 5.56 Å². The maximum atomic E-state index is 9.26. The molecule has 2 aromatic carbocycles. The van der Waals surface area contributed by atoms with E-state index >= 15 is 0 Å². The number of nitrogens with two attached hydrogens (primary N) is 1. The molecule has 0 amide bonds. The van der Waals surface area contributed by atoms with Gasteiger partial charge in [-0.1, -0.05) is 30.3 Å². The van der Waals surface area contributed by atoms with E-state index in [2.05, 4.69) is 0 Å². The van der Waals surface area contributed by atoms with E-state index in [1.54, 1.807) is 0 Å². The Balaban J connectivity index is 2.65. The molecule has 0 aliphatic heterocycles. The van der Waals surface area contributed by atoms with Crippen LogP contribution in [0.25, 0.3) is 10.8 Å². The lowest BCUT2D eigenvalue weighted by Gasteiger charge is -2.17. The predicted octanol–water partition coefficient (Wildman–Crippen LogP) is 2.23. The fourth-order valence-electron chi connectivity index (χ4n) is 2.03. The lowest BCUT2D eigenvalue weighted by atomic mass is 9.98. The van der Waals surface area contributed by atoms with Crippen LogP contribution in [-0.4, -0.2) is 18.3 Å². The molecule has 0 fully saturated rings. The van der Waals surface area contributed by atoms with E-state index in [9.17, 15) is 5.11 Å². The lowest BCUT2D eigenvalue weighted by Crippen LogP contribution is -2.16. The first kappa shape index (κ1) is 11.9. The molecular formula is C14H17NO2. The third-order valence-corrected chi connectivity index (χ3v) is 2.80. The molecule has 0 aliphatic rings. The number of aliphatic hydroxyl groups is 1. The van der Waals surface area contributed by atoms with Crippen LogP contribution in [0.2, 0.25) is 0 Å². The Morgan fingerprint density at radius 3 is 2.71 bits per heavy atom. The van der Waals surface area contributed by atoms with Crippen LogP contribution < -0.4 is 10.5 Å². The number of ether oxygens (including phenoxy) is 1. The van der Waals surface area contributed by atoms with Gasteiger partial charge in [-0.15, -0.1) is 0 Å². The molecule has 17 heavy (non-hydrogen) atoms. The third kappa shape index (κ3) is 2.25. The Kier molecular flexibility index (Phi) is 3.61. The van der Waals surface area contributed by atoms with E-state index in [1.807, 2.05) is 43.3 Å². The van der Waals surface area contributed by atoms with Gasteiger partial charge in [-0.3, -0.25) is 0 Å². The maximum absolute atomic E-state index is 9.26. The summed E-state index contributed by atoms with van der Waals surface area (Å²) >= 11 is 0. The topological polar surface area (TPSA) is 55.5 Å². The molecule has 0 heterocycles. The van der Waals surface area contributed by atoms with Crippen molar-refractivity contribution < 1.29 is 9.84 Å². The summed E-state index contributed by atoms with van der Waals surface area (Å²) in [5, 5.41) is 11.4. The summed E-state index contributed by atoms with van der Waals surface area (Å²) in [6, 6.07) is 11.5. The Labute approximate surface area is 101 Å². The summed E-state index contributed by atoms with van der Waals surface area (Å²) in [5.74, 6) is 0.757. The Bertz CT molecular complexity index is 511. The number of rotatable bonds is 4. The minimum atomic E-state index is -0.414.